The molecule has 2 rings (SSSR count). The first-order chi connectivity index (χ1) is 10.6. The molecule has 0 atom stereocenters. The van der Waals surface area contributed by atoms with E-state index in [-0.39, 0.29) is 17.3 Å². The van der Waals surface area contributed by atoms with Gasteiger partial charge in [-0.3, -0.25) is 10.1 Å². The van der Waals surface area contributed by atoms with Gasteiger partial charge in [0, 0.05) is 24.4 Å². The molecule has 8 nitrogen and oxygen atoms in total. The molecule has 9 heteroatoms. The predicted molar refractivity (Wildman–Crippen MR) is 83.8 cm³/mol. The van der Waals surface area contributed by atoms with Gasteiger partial charge in [0.05, 0.1) is 11.5 Å². The van der Waals surface area contributed by atoms with E-state index >= 15 is 0 Å². The first-order valence-corrected chi connectivity index (χ1v) is 6.74. The first kappa shape index (κ1) is 15.9. The number of nitrogens with one attached hydrogen (secondary N) is 2. The predicted octanol–water partition coefficient (Wildman–Crippen LogP) is 2.84. The topological polar surface area (TPSA) is 102 Å². The lowest BCUT2D eigenvalue weighted by Gasteiger charge is -2.10. The molecule has 0 unspecified atom stereocenters. The summed E-state index contributed by atoms with van der Waals surface area (Å²) in [5.41, 5.74) is 0.357. The summed E-state index contributed by atoms with van der Waals surface area (Å²) in [6.07, 6.45) is 1.25. The normalized spacial score (nSPS) is 10.3. The average molecular weight is 324 g/mol. The van der Waals surface area contributed by atoms with Crippen LogP contribution in [-0.2, 0) is 4.74 Å². The van der Waals surface area contributed by atoms with Gasteiger partial charge in [-0.1, -0.05) is 17.7 Å². The molecular weight excluding hydrogens is 310 g/mol. The minimum atomic E-state index is -0.540. The van der Waals surface area contributed by atoms with E-state index in [1.165, 1.54) is 6.33 Å². The molecular formula is C13H14ClN5O3. The number of methoxy groups -OCH3 is 1. The Morgan fingerprint density at radius 2 is 2.14 bits per heavy atom. The summed E-state index contributed by atoms with van der Waals surface area (Å²) in [6.45, 7) is 0.795. The van der Waals surface area contributed by atoms with Gasteiger partial charge in [0.25, 0.3) is 0 Å². The van der Waals surface area contributed by atoms with Crippen molar-refractivity contribution in [2.75, 3.05) is 30.9 Å². The lowest BCUT2D eigenvalue weighted by atomic mass is 10.3. The van der Waals surface area contributed by atoms with Gasteiger partial charge >= 0.3 is 5.69 Å². The van der Waals surface area contributed by atoms with Gasteiger partial charge in [0.2, 0.25) is 11.6 Å². The highest BCUT2D eigenvalue weighted by Gasteiger charge is 2.22. The summed E-state index contributed by atoms with van der Waals surface area (Å²) >= 11 is 5.90. The Morgan fingerprint density at radius 1 is 1.36 bits per heavy atom. The zero-order valence-electron chi connectivity index (χ0n) is 11.7. The third-order valence-corrected chi connectivity index (χ3v) is 2.93. The van der Waals surface area contributed by atoms with Crippen molar-refractivity contribution < 1.29 is 9.66 Å². The number of nitro groups is 1. The van der Waals surface area contributed by atoms with Crippen LogP contribution >= 0.6 is 11.6 Å². The highest BCUT2D eigenvalue weighted by molar-refractivity contribution is 6.30. The molecule has 2 N–H and O–H groups in total. The van der Waals surface area contributed by atoms with Gasteiger partial charge in [-0.2, -0.15) is 0 Å². The molecule has 0 amide bonds. The molecule has 0 aliphatic carbocycles. The van der Waals surface area contributed by atoms with Gasteiger partial charge in [-0.05, 0) is 18.2 Å². The Morgan fingerprint density at radius 3 is 2.82 bits per heavy atom. The third kappa shape index (κ3) is 4.03. The van der Waals surface area contributed by atoms with E-state index < -0.39 is 4.92 Å². The second-order valence-electron chi connectivity index (χ2n) is 4.23. The number of aromatic nitrogens is 2. The van der Waals surface area contributed by atoms with Gasteiger partial charge in [0.1, 0.15) is 6.33 Å². The lowest BCUT2D eigenvalue weighted by Crippen LogP contribution is -2.12. The van der Waals surface area contributed by atoms with Crippen molar-refractivity contribution in [2.45, 2.75) is 0 Å². The van der Waals surface area contributed by atoms with Crippen LogP contribution in [0.1, 0.15) is 0 Å². The fourth-order valence-corrected chi connectivity index (χ4v) is 1.94. The molecule has 116 valence electrons. The second-order valence-corrected chi connectivity index (χ2v) is 4.67. The van der Waals surface area contributed by atoms with E-state index in [1.54, 1.807) is 31.4 Å². The molecule has 22 heavy (non-hydrogen) atoms. The Labute approximate surface area is 131 Å². The minimum Gasteiger partial charge on any atom is -0.383 e. The van der Waals surface area contributed by atoms with Gasteiger partial charge in [-0.25, -0.2) is 9.97 Å². The molecule has 0 aliphatic heterocycles. The average Bonchev–Trinajstić information content (AvgIpc) is 2.47. The van der Waals surface area contributed by atoms with Crippen LogP contribution in [0.4, 0.5) is 23.0 Å². The third-order valence-electron chi connectivity index (χ3n) is 2.69. The summed E-state index contributed by atoms with van der Waals surface area (Å²) in [4.78, 5) is 18.6. The Bertz CT molecular complexity index is 668. The number of anilines is 3. The highest BCUT2D eigenvalue weighted by Crippen LogP contribution is 2.31. The van der Waals surface area contributed by atoms with E-state index in [0.717, 1.165) is 0 Å². The number of ether oxygens (including phenoxy) is 1. The van der Waals surface area contributed by atoms with Crippen LogP contribution in [0.25, 0.3) is 0 Å². The summed E-state index contributed by atoms with van der Waals surface area (Å²) in [7, 11) is 1.54. The standard InChI is InChI=1S/C13H14ClN5O3/c1-22-6-5-15-12-11(19(20)21)13(17-8-16-12)18-10-4-2-3-9(14)7-10/h2-4,7-8H,5-6H2,1H3,(H2,15,16,17,18). The maximum Gasteiger partial charge on any atom is 0.353 e. The smallest absolute Gasteiger partial charge is 0.353 e. The fourth-order valence-electron chi connectivity index (χ4n) is 1.75. The summed E-state index contributed by atoms with van der Waals surface area (Å²) < 4.78 is 4.90. The number of rotatable bonds is 7. The van der Waals surface area contributed by atoms with Crippen molar-refractivity contribution in [1.82, 2.24) is 9.97 Å². The first-order valence-electron chi connectivity index (χ1n) is 6.36. The number of benzene rings is 1. The zero-order valence-corrected chi connectivity index (χ0v) is 12.5. The van der Waals surface area contributed by atoms with Crippen molar-refractivity contribution in [2.24, 2.45) is 0 Å². The Hall–Kier alpha value is -2.45. The van der Waals surface area contributed by atoms with Crippen molar-refractivity contribution in [1.29, 1.82) is 0 Å². The number of halogens is 1. The summed E-state index contributed by atoms with van der Waals surface area (Å²) in [5.74, 6) is 0.212. The monoisotopic (exact) mass is 323 g/mol. The van der Waals surface area contributed by atoms with Crippen LogP contribution < -0.4 is 10.6 Å². The van der Waals surface area contributed by atoms with E-state index in [4.69, 9.17) is 16.3 Å². The largest absolute Gasteiger partial charge is 0.383 e. The molecule has 2 aromatic rings. The number of nitrogens with zero attached hydrogens (tertiary/aromatic N) is 3. The Balaban J connectivity index is 2.30. The molecule has 0 aliphatic rings. The van der Waals surface area contributed by atoms with Crippen molar-refractivity contribution in [3.63, 3.8) is 0 Å². The molecule has 0 fully saturated rings. The van der Waals surface area contributed by atoms with Gasteiger partial charge in [-0.15, -0.1) is 0 Å². The van der Waals surface area contributed by atoms with Crippen LogP contribution in [0.3, 0.4) is 0 Å². The number of hydrogen-bond donors (Lipinski definition) is 2. The second kappa shape index (κ2) is 7.53. The van der Waals surface area contributed by atoms with Gasteiger partial charge in [0.15, 0.2) is 0 Å². The maximum absolute atomic E-state index is 11.3. The fraction of sp³-hybridized carbons (Fsp3) is 0.231. The molecule has 1 heterocycles. The summed E-state index contributed by atoms with van der Waals surface area (Å²) in [5, 5.41) is 17.6. The van der Waals surface area contributed by atoms with Crippen LogP contribution in [0.2, 0.25) is 5.02 Å². The van der Waals surface area contributed by atoms with Crippen molar-refractivity contribution in [3.05, 3.63) is 45.7 Å². The zero-order chi connectivity index (χ0) is 15.9. The molecule has 0 bridgehead atoms. The molecule has 0 radical (unpaired) electrons. The molecule has 0 saturated carbocycles. The SMILES string of the molecule is COCCNc1ncnc(Nc2cccc(Cl)c2)c1[N+](=O)[O-]. The van der Waals surface area contributed by atoms with E-state index in [0.29, 0.717) is 23.9 Å². The maximum atomic E-state index is 11.3. The van der Waals surface area contributed by atoms with E-state index in [9.17, 15) is 10.1 Å². The molecule has 0 spiro atoms. The van der Waals surface area contributed by atoms with Crippen LogP contribution in [0.5, 0.6) is 0 Å². The number of hydrogen-bond acceptors (Lipinski definition) is 7. The van der Waals surface area contributed by atoms with Crippen LogP contribution in [0, 0.1) is 10.1 Å². The molecule has 1 aromatic heterocycles. The van der Waals surface area contributed by atoms with Gasteiger partial charge < -0.3 is 15.4 Å². The van der Waals surface area contributed by atoms with Crippen LogP contribution in [-0.4, -0.2) is 35.2 Å². The lowest BCUT2D eigenvalue weighted by molar-refractivity contribution is -0.383. The highest BCUT2D eigenvalue weighted by atomic mass is 35.5. The molecule has 1 aromatic carbocycles. The van der Waals surface area contributed by atoms with E-state index in [2.05, 4.69) is 20.6 Å². The van der Waals surface area contributed by atoms with E-state index in [1.807, 2.05) is 0 Å². The van der Waals surface area contributed by atoms with Crippen LogP contribution in [0.15, 0.2) is 30.6 Å². The van der Waals surface area contributed by atoms with Crippen molar-refractivity contribution >= 4 is 34.6 Å². The Kier molecular flexibility index (Phi) is 5.45. The molecule has 0 saturated heterocycles. The summed E-state index contributed by atoms with van der Waals surface area (Å²) in [6, 6.07) is 6.81. The van der Waals surface area contributed by atoms with Crippen molar-refractivity contribution in [3.8, 4) is 0 Å². The quantitative estimate of drug-likeness (QED) is 0.459. The minimum absolute atomic E-state index is 0.0854.